The van der Waals surface area contributed by atoms with Crippen LogP contribution < -0.4 is 5.32 Å². The van der Waals surface area contributed by atoms with Crippen molar-refractivity contribution in [3.05, 3.63) is 42.0 Å². The molecule has 1 nitrogen and oxygen atoms in total. The SMILES string of the molecule is C=CCCNc1c(F)ccc(C)c1F. The predicted octanol–water partition coefficient (Wildman–Crippen LogP) is 3.26. The minimum absolute atomic E-state index is 0.0492. The van der Waals surface area contributed by atoms with E-state index in [-0.39, 0.29) is 5.69 Å². The van der Waals surface area contributed by atoms with Crippen LogP contribution in [0.3, 0.4) is 0 Å². The zero-order valence-electron chi connectivity index (χ0n) is 8.11. The van der Waals surface area contributed by atoms with Crippen molar-refractivity contribution in [3.63, 3.8) is 0 Å². The number of hydrogen-bond donors (Lipinski definition) is 1. The number of hydrogen-bond acceptors (Lipinski definition) is 1. The first-order chi connectivity index (χ1) is 6.66. The van der Waals surface area contributed by atoms with Gasteiger partial charge in [0.2, 0.25) is 0 Å². The highest BCUT2D eigenvalue weighted by molar-refractivity contribution is 5.48. The Morgan fingerprint density at radius 1 is 1.43 bits per heavy atom. The largest absolute Gasteiger partial charge is 0.380 e. The molecule has 3 heteroatoms. The first kappa shape index (κ1) is 10.7. The van der Waals surface area contributed by atoms with Crippen LogP contribution in [-0.4, -0.2) is 6.54 Å². The van der Waals surface area contributed by atoms with Gasteiger partial charge in [-0.25, -0.2) is 8.78 Å². The monoisotopic (exact) mass is 197 g/mol. The second-order valence-corrected chi connectivity index (χ2v) is 3.06. The Balaban J connectivity index is 2.83. The molecule has 1 N–H and O–H groups in total. The Labute approximate surface area is 82.4 Å². The average Bonchev–Trinajstić information content (AvgIpc) is 2.18. The van der Waals surface area contributed by atoms with Gasteiger partial charge >= 0.3 is 0 Å². The maximum atomic E-state index is 13.4. The number of anilines is 1. The molecule has 0 radical (unpaired) electrons. The molecular weight excluding hydrogens is 184 g/mol. The Kier molecular flexibility index (Phi) is 3.63. The molecule has 0 unspecified atom stereocenters. The van der Waals surface area contributed by atoms with Crippen LogP contribution in [0.15, 0.2) is 24.8 Å². The third-order valence-electron chi connectivity index (χ3n) is 1.93. The number of aryl methyl sites for hydroxylation is 1. The molecule has 0 bridgehead atoms. The molecule has 1 rings (SSSR count). The molecule has 76 valence electrons. The fraction of sp³-hybridized carbons (Fsp3) is 0.273. The van der Waals surface area contributed by atoms with Crippen LogP contribution in [-0.2, 0) is 0 Å². The first-order valence-corrected chi connectivity index (χ1v) is 4.46. The highest BCUT2D eigenvalue weighted by Crippen LogP contribution is 2.21. The van der Waals surface area contributed by atoms with E-state index in [9.17, 15) is 8.78 Å². The van der Waals surface area contributed by atoms with Crippen LogP contribution in [0.1, 0.15) is 12.0 Å². The van der Waals surface area contributed by atoms with Crippen LogP contribution in [0.4, 0.5) is 14.5 Å². The van der Waals surface area contributed by atoms with Crippen molar-refractivity contribution in [3.8, 4) is 0 Å². The van der Waals surface area contributed by atoms with Gasteiger partial charge in [-0.05, 0) is 25.0 Å². The molecule has 0 aliphatic heterocycles. The number of halogens is 2. The molecule has 0 aromatic heterocycles. The molecule has 0 spiro atoms. The molecule has 0 amide bonds. The zero-order chi connectivity index (χ0) is 10.6. The van der Waals surface area contributed by atoms with Crippen molar-refractivity contribution < 1.29 is 8.78 Å². The van der Waals surface area contributed by atoms with Crippen LogP contribution in [0.2, 0.25) is 0 Å². The van der Waals surface area contributed by atoms with Crippen LogP contribution in [0, 0.1) is 18.6 Å². The lowest BCUT2D eigenvalue weighted by Gasteiger charge is -2.08. The summed E-state index contributed by atoms with van der Waals surface area (Å²) in [5.41, 5.74) is 0.388. The van der Waals surface area contributed by atoms with Crippen LogP contribution in [0.25, 0.3) is 0 Å². The topological polar surface area (TPSA) is 12.0 Å². The Morgan fingerprint density at radius 2 is 2.14 bits per heavy atom. The first-order valence-electron chi connectivity index (χ1n) is 4.46. The molecule has 0 aliphatic rings. The maximum absolute atomic E-state index is 13.4. The molecule has 0 saturated heterocycles. The van der Waals surface area contributed by atoms with Gasteiger partial charge in [0, 0.05) is 6.54 Å². The average molecular weight is 197 g/mol. The van der Waals surface area contributed by atoms with E-state index >= 15 is 0 Å². The summed E-state index contributed by atoms with van der Waals surface area (Å²) in [6.45, 7) is 5.62. The van der Waals surface area contributed by atoms with Crippen LogP contribution in [0.5, 0.6) is 0 Å². The second-order valence-electron chi connectivity index (χ2n) is 3.06. The third-order valence-corrected chi connectivity index (χ3v) is 1.93. The van der Waals surface area contributed by atoms with Crippen molar-refractivity contribution >= 4 is 5.69 Å². The van der Waals surface area contributed by atoms with Gasteiger partial charge in [0.25, 0.3) is 0 Å². The van der Waals surface area contributed by atoms with Gasteiger partial charge in [-0.15, -0.1) is 6.58 Å². The van der Waals surface area contributed by atoms with E-state index in [4.69, 9.17) is 0 Å². The van der Waals surface area contributed by atoms with Crippen LogP contribution >= 0.6 is 0 Å². The molecule has 0 atom stereocenters. The Morgan fingerprint density at radius 3 is 2.79 bits per heavy atom. The van der Waals surface area contributed by atoms with Crippen molar-refractivity contribution in [2.45, 2.75) is 13.3 Å². The van der Waals surface area contributed by atoms with Gasteiger partial charge in [0.15, 0.2) is 5.82 Å². The standard InChI is InChI=1S/C11H13F2N/c1-3-4-7-14-11-9(12)6-5-8(2)10(11)13/h3,5-6,14H,1,4,7H2,2H3. The Hall–Kier alpha value is -1.38. The van der Waals surface area contributed by atoms with Crippen molar-refractivity contribution in [2.24, 2.45) is 0 Å². The summed E-state index contributed by atoms with van der Waals surface area (Å²) in [4.78, 5) is 0. The predicted molar refractivity (Wildman–Crippen MR) is 54.4 cm³/mol. The van der Waals surface area contributed by atoms with E-state index in [1.165, 1.54) is 12.1 Å². The summed E-state index contributed by atoms with van der Waals surface area (Å²) in [7, 11) is 0. The summed E-state index contributed by atoms with van der Waals surface area (Å²) in [5.74, 6) is -1.08. The van der Waals surface area contributed by atoms with E-state index in [2.05, 4.69) is 11.9 Å². The van der Waals surface area contributed by atoms with Gasteiger partial charge in [0.1, 0.15) is 11.5 Å². The van der Waals surface area contributed by atoms with Gasteiger partial charge < -0.3 is 5.32 Å². The van der Waals surface area contributed by atoms with E-state index in [1.807, 2.05) is 0 Å². The highest BCUT2D eigenvalue weighted by Gasteiger charge is 2.09. The fourth-order valence-corrected chi connectivity index (χ4v) is 1.12. The van der Waals surface area contributed by atoms with E-state index in [1.54, 1.807) is 13.0 Å². The number of benzene rings is 1. The molecule has 1 aromatic rings. The third kappa shape index (κ3) is 2.31. The summed E-state index contributed by atoms with van der Waals surface area (Å²) in [5, 5.41) is 2.70. The van der Waals surface area contributed by atoms with E-state index in [0.717, 1.165) is 0 Å². The molecule has 0 aliphatic carbocycles. The highest BCUT2D eigenvalue weighted by atomic mass is 19.1. The molecule has 1 aromatic carbocycles. The lowest BCUT2D eigenvalue weighted by Crippen LogP contribution is -2.05. The summed E-state index contributed by atoms with van der Waals surface area (Å²) < 4.78 is 26.5. The minimum atomic E-state index is -0.558. The molecule has 0 saturated carbocycles. The smallest absolute Gasteiger partial charge is 0.152 e. The van der Waals surface area contributed by atoms with Gasteiger partial charge in [-0.1, -0.05) is 12.1 Å². The van der Waals surface area contributed by atoms with E-state index < -0.39 is 11.6 Å². The van der Waals surface area contributed by atoms with Crippen molar-refractivity contribution in [2.75, 3.05) is 11.9 Å². The fourth-order valence-electron chi connectivity index (χ4n) is 1.12. The van der Waals surface area contributed by atoms with Gasteiger partial charge in [-0.3, -0.25) is 0 Å². The second kappa shape index (κ2) is 4.74. The van der Waals surface area contributed by atoms with Gasteiger partial charge in [-0.2, -0.15) is 0 Å². The van der Waals surface area contributed by atoms with Gasteiger partial charge in [0.05, 0.1) is 0 Å². The zero-order valence-corrected chi connectivity index (χ0v) is 8.11. The minimum Gasteiger partial charge on any atom is -0.380 e. The maximum Gasteiger partial charge on any atom is 0.152 e. The van der Waals surface area contributed by atoms with Crippen molar-refractivity contribution in [1.82, 2.24) is 0 Å². The van der Waals surface area contributed by atoms with Crippen molar-refractivity contribution in [1.29, 1.82) is 0 Å². The lowest BCUT2D eigenvalue weighted by molar-refractivity contribution is 0.582. The van der Waals surface area contributed by atoms with E-state index in [0.29, 0.717) is 18.5 Å². The summed E-state index contributed by atoms with van der Waals surface area (Å²) in [6, 6.07) is 2.68. The summed E-state index contributed by atoms with van der Waals surface area (Å²) >= 11 is 0. The summed E-state index contributed by atoms with van der Waals surface area (Å²) in [6.07, 6.45) is 2.37. The molecule has 0 fully saturated rings. The molecule has 0 heterocycles. The Bertz CT molecular complexity index is 334. The normalized spacial score (nSPS) is 9.93. The number of rotatable bonds is 4. The molecule has 14 heavy (non-hydrogen) atoms. The molecular formula is C11H13F2N. The number of nitrogens with one attached hydrogen (secondary N) is 1. The lowest BCUT2D eigenvalue weighted by atomic mass is 10.2. The quantitative estimate of drug-likeness (QED) is 0.577.